The lowest BCUT2D eigenvalue weighted by Gasteiger charge is -2.40. The summed E-state index contributed by atoms with van der Waals surface area (Å²) in [5.41, 5.74) is 1.48. The molecule has 0 aliphatic carbocycles. The van der Waals surface area contributed by atoms with E-state index in [0.717, 1.165) is 29.3 Å². The fourth-order valence-corrected chi connectivity index (χ4v) is 4.53. The van der Waals surface area contributed by atoms with Crippen molar-refractivity contribution >= 4 is 11.8 Å². The third kappa shape index (κ3) is 5.42. The van der Waals surface area contributed by atoms with Gasteiger partial charge in [0.1, 0.15) is 18.0 Å². The molecule has 0 radical (unpaired) electrons. The van der Waals surface area contributed by atoms with Gasteiger partial charge in [0, 0.05) is 36.4 Å². The van der Waals surface area contributed by atoms with Crippen molar-refractivity contribution in [3.05, 3.63) is 84.2 Å². The maximum absolute atomic E-state index is 13.7. The van der Waals surface area contributed by atoms with E-state index in [1.807, 2.05) is 100 Å². The summed E-state index contributed by atoms with van der Waals surface area (Å²) >= 11 is 0. The lowest BCUT2D eigenvalue weighted by atomic mass is 9.94. The third-order valence-corrected chi connectivity index (χ3v) is 6.34. The Labute approximate surface area is 208 Å². The Hall–Kier alpha value is -3.54. The van der Waals surface area contributed by atoms with Gasteiger partial charge in [0.05, 0.1) is 6.04 Å². The van der Waals surface area contributed by atoms with Crippen LogP contribution in [0.4, 0.5) is 0 Å². The van der Waals surface area contributed by atoms with Crippen molar-refractivity contribution in [3.8, 4) is 11.5 Å². The molecule has 2 heterocycles. The second kappa shape index (κ2) is 9.98. The second-order valence-corrected chi connectivity index (χ2v) is 10.4. The molecule has 1 atom stereocenters. The number of benzene rings is 2. The third-order valence-electron chi connectivity index (χ3n) is 6.34. The zero-order chi connectivity index (χ0) is 25.2. The van der Waals surface area contributed by atoms with Crippen molar-refractivity contribution in [1.29, 1.82) is 0 Å². The minimum Gasteiger partial charge on any atom is -0.457 e. The first kappa shape index (κ1) is 24.6. The van der Waals surface area contributed by atoms with Crippen LogP contribution in [0.3, 0.4) is 0 Å². The summed E-state index contributed by atoms with van der Waals surface area (Å²) in [7, 11) is 0. The number of amides is 2. The number of nitrogens with zero attached hydrogens (tertiary/aromatic N) is 3. The first-order valence-corrected chi connectivity index (χ1v) is 12.2. The minimum atomic E-state index is -0.552. The van der Waals surface area contributed by atoms with Crippen LogP contribution < -0.4 is 4.74 Å². The average molecular weight is 474 g/mol. The fraction of sp³-hybridized carbons (Fsp3) is 0.379. The Morgan fingerprint density at radius 3 is 2.37 bits per heavy atom. The van der Waals surface area contributed by atoms with Crippen LogP contribution in [-0.4, -0.2) is 45.3 Å². The zero-order valence-electron chi connectivity index (χ0n) is 21.3. The second-order valence-electron chi connectivity index (χ2n) is 10.4. The van der Waals surface area contributed by atoms with Gasteiger partial charge in [-0.05, 0) is 55.8 Å². The molecule has 1 aliphatic heterocycles. The number of para-hydroxylation sites is 1. The topological polar surface area (TPSA) is 54.8 Å². The van der Waals surface area contributed by atoms with Crippen LogP contribution in [0.1, 0.15) is 51.9 Å². The van der Waals surface area contributed by atoms with E-state index in [1.54, 1.807) is 4.90 Å². The Bertz CT molecular complexity index is 1180. The molecule has 0 saturated carbocycles. The van der Waals surface area contributed by atoms with E-state index in [-0.39, 0.29) is 30.4 Å². The minimum absolute atomic E-state index is 0.0176. The van der Waals surface area contributed by atoms with Crippen LogP contribution in [0.25, 0.3) is 0 Å². The van der Waals surface area contributed by atoms with Crippen LogP contribution in [0, 0.1) is 5.41 Å². The first-order valence-electron chi connectivity index (χ1n) is 12.2. The van der Waals surface area contributed by atoms with Crippen molar-refractivity contribution in [2.45, 2.75) is 53.2 Å². The zero-order valence-corrected chi connectivity index (χ0v) is 21.3. The normalized spacial score (nSPS) is 15.6. The van der Waals surface area contributed by atoms with Gasteiger partial charge in [-0.1, -0.05) is 51.1 Å². The van der Waals surface area contributed by atoms with Crippen LogP contribution in [0.15, 0.2) is 72.9 Å². The molecule has 0 bridgehead atoms. The Morgan fingerprint density at radius 1 is 0.971 bits per heavy atom. The van der Waals surface area contributed by atoms with E-state index in [2.05, 4.69) is 16.8 Å². The summed E-state index contributed by atoms with van der Waals surface area (Å²) in [4.78, 5) is 30.4. The molecule has 3 aromatic rings. The molecule has 35 heavy (non-hydrogen) atoms. The molecule has 6 nitrogen and oxygen atoms in total. The van der Waals surface area contributed by atoms with Crippen LogP contribution >= 0.6 is 0 Å². The van der Waals surface area contributed by atoms with E-state index in [1.165, 1.54) is 0 Å². The highest BCUT2D eigenvalue weighted by atomic mass is 16.5. The molecule has 1 aromatic heterocycles. The Balaban J connectivity index is 1.65. The van der Waals surface area contributed by atoms with Crippen LogP contribution in [-0.2, 0) is 16.1 Å². The number of fused-ring (bicyclic) bond motifs is 1. The number of carbonyl (C=O) groups excluding carboxylic acids is 2. The molecule has 2 aromatic carbocycles. The molecule has 0 spiro atoms. The van der Waals surface area contributed by atoms with Crippen molar-refractivity contribution < 1.29 is 14.3 Å². The van der Waals surface area contributed by atoms with Gasteiger partial charge in [0.15, 0.2) is 0 Å². The summed E-state index contributed by atoms with van der Waals surface area (Å²) in [5.74, 6) is 1.41. The summed E-state index contributed by atoms with van der Waals surface area (Å²) in [5, 5.41) is 0. The van der Waals surface area contributed by atoms with Gasteiger partial charge in [-0.25, -0.2) is 0 Å². The highest BCUT2D eigenvalue weighted by Gasteiger charge is 2.36. The van der Waals surface area contributed by atoms with Gasteiger partial charge < -0.3 is 19.1 Å². The summed E-state index contributed by atoms with van der Waals surface area (Å²) in [6, 6.07) is 21.3. The van der Waals surface area contributed by atoms with E-state index in [9.17, 15) is 9.59 Å². The molecule has 1 aliphatic rings. The predicted octanol–water partition coefficient (Wildman–Crippen LogP) is 5.50. The number of ether oxygens (including phenoxy) is 1. The molecule has 6 heteroatoms. The smallest absolute Gasteiger partial charge is 0.243 e. The van der Waals surface area contributed by atoms with Crippen molar-refractivity contribution in [3.63, 3.8) is 0 Å². The van der Waals surface area contributed by atoms with E-state index >= 15 is 0 Å². The molecule has 0 saturated heterocycles. The highest BCUT2D eigenvalue weighted by Crippen LogP contribution is 2.35. The van der Waals surface area contributed by atoms with Crippen LogP contribution in [0.5, 0.6) is 11.5 Å². The average Bonchev–Trinajstić information content (AvgIpc) is 3.30. The molecule has 1 unspecified atom stereocenters. The summed E-state index contributed by atoms with van der Waals surface area (Å²) in [6.07, 6.45) is 2.05. The van der Waals surface area contributed by atoms with Crippen molar-refractivity contribution in [1.82, 2.24) is 14.4 Å². The quantitative estimate of drug-likeness (QED) is 0.475. The molecule has 4 rings (SSSR count). The van der Waals surface area contributed by atoms with Gasteiger partial charge in [0.2, 0.25) is 11.8 Å². The molecule has 0 fully saturated rings. The number of aromatic nitrogens is 1. The molecule has 0 N–H and O–H groups in total. The number of hydrogen-bond donors (Lipinski definition) is 0. The van der Waals surface area contributed by atoms with Gasteiger partial charge in [0.25, 0.3) is 0 Å². The fourth-order valence-electron chi connectivity index (χ4n) is 4.53. The van der Waals surface area contributed by atoms with Crippen molar-refractivity contribution in [2.75, 3.05) is 13.1 Å². The van der Waals surface area contributed by atoms with E-state index in [4.69, 9.17) is 4.74 Å². The molecule has 2 amide bonds. The maximum atomic E-state index is 13.7. The standard InChI is InChI=1S/C29H35N3O3/c1-21(2)32(28(34)29(3,4)5)20-26(33)31-18-17-30-16-10-15-25(30)27(31)22-11-9-14-24(19-22)35-23-12-7-6-8-13-23/h6-16,19,21,27H,17-18,20H2,1-5H3. The van der Waals surface area contributed by atoms with Gasteiger partial charge in [-0.2, -0.15) is 0 Å². The maximum Gasteiger partial charge on any atom is 0.243 e. The summed E-state index contributed by atoms with van der Waals surface area (Å²) < 4.78 is 8.27. The Morgan fingerprint density at radius 2 is 1.69 bits per heavy atom. The summed E-state index contributed by atoms with van der Waals surface area (Å²) in [6.45, 7) is 11.0. The largest absolute Gasteiger partial charge is 0.457 e. The first-order chi connectivity index (χ1) is 16.6. The van der Waals surface area contributed by atoms with Crippen molar-refractivity contribution in [2.24, 2.45) is 5.41 Å². The van der Waals surface area contributed by atoms with Crippen LogP contribution in [0.2, 0.25) is 0 Å². The van der Waals surface area contributed by atoms with E-state index < -0.39 is 5.41 Å². The van der Waals surface area contributed by atoms with Gasteiger partial charge in [-0.15, -0.1) is 0 Å². The number of hydrogen-bond acceptors (Lipinski definition) is 3. The SMILES string of the molecule is CC(C)N(CC(=O)N1CCn2cccc2C1c1cccc(Oc2ccccc2)c1)C(=O)C(C)(C)C. The molecule has 184 valence electrons. The van der Waals surface area contributed by atoms with Gasteiger partial charge >= 0.3 is 0 Å². The monoisotopic (exact) mass is 473 g/mol. The highest BCUT2D eigenvalue weighted by molar-refractivity contribution is 5.88. The van der Waals surface area contributed by atoms with E-state index in [0.29, 0.717) is 6.54 Å². The lowest BCUT2D eigenvalue weighted by molar-refractivity contribution is -0.148. The van der Waals surface area contributed by atoms with Gasteiger partial charge in [-0.3, -0.25) is 9.59 Å². The molecular formula is C29H35N3O3. The molecular weight excluding hydrogens is 438 g/mol. The predicted molar refractivity (Wildman–Crippen MR) is 137 cm³/mol. The Kier molecular flexibility index (Phi) is 7.01. The lowest BCUT2D eigenvalue weighted by Crippen LogP contribution is -2.51. The number of rotatable bonds is 6. The number of carbonyl (C=O) groups is 2.